The van der Waals surface area contributed by atoms with Crippen LogP contribution in [-0.2, 0) is 0 Å². The van der Waals surface area contributed by atoms with Gasteiger partial charge in [-0.15, -0.1) is 0 Å². The molecule has 88 valence electrons. The summed E-state index contributed by atoms with van der Waals surface area (Å²) in [6, 6.07) is 6.00. The minimum atomic E-state index is -0.235. The van der Waals surface area contributed by atoms with Crippen molar-refractivity contribution in [1.82, 2.24) is 9.88 Å². The summed E-state index contributed by atoms with van der Waals surface area (Å²) in [7, 11) is 0. The first-order valence-corrected chi connectivity index (χ1v) is 5.82. The lowest BCUT2D eigenvalue weighted by molar-refractivity contribution is 0.122. The molecule has 2 rings (SSSR count). The summed E-state index contributed by atoms with van der Waals surface area (Å²) in [5.74, 6) is 1.05. The number of rotatable bonds is 3. The van der Waals surface area contributed by atoms with E-state index in [0.717, 1.165) is 38.5 Å². The second-order valence-electron chi connectivity index (χ2n) is 4.32. The molecule has 0 radical (unpaired) electrons. The molecule has 1 aromatic rings. The van der Waals surface area contributed by atoms with Gasteiger partial charge in [-0.3, -0.25) is 4.90 Å². The largest absolute Gasteiger partial charge is 0.392 e. The number of nitrogens with zero attached hydrogens (tertiary/aromatic N) is 3. The second-order valence-corrected chi connectivity index (χ2v) is 4.32. The lowest BCUT2D eigenvalue weighted by Crippen LogP contribution is -2.48. The van der Waals surface area contributed by atoms with Crippen molar-refractivity contribution >= 4 is 5.82 Å². The zero-order valence-electron chi connectivity index (χ0n) is 9.71. The van der Waals surface area contributed by atoms with Gasteiger partial charge in [0.25, 0.3) is 0 Å². The molecule has 1 aliphatic rings. The Labute approximate surface area is 96.5 Å². The number of β-amino-alcohol motifs (C(OH)–C–C–N with tert-alkyl or cyclic N) is 1. The molecule has 1 fully saturated rings. The van der Waals surface area contributed by atoms with E-state index in [1.165, 1.54) is 0 Å². The summed E-state index contributed by atoms with van der Waals surface area (Å²) in [5.41, 5.74) is 0. The van der Waals surface area contributed by atoms with Gasteiger partial charge in [0.05, 0.1) is 6.10 Å². The van der Waals surface area contributed by atoms with Gasteiger partial charge in [-0.1, -0.05) is 6.07 Å². The molecule has 0 aromatic carbocycles. The average Bonchev–Trinajstić information content (AvgIpc) is 2.30. The van der Waals surface area contributed by atoms with E-state index in [-0.39, 0.29) is 6.10 Å². The van der Waals surface area contributed by atoms with Gasteiger partial charge in [0.1, 0.15) is 5.82 Å². The van der Waals surface area contributed by atoms with E-state index in [1.807, 2.05) is 31.3 Å². The third-order valence-corrected chi connectivity index (χ3v) is 2.87. The normalized spacial score (nSPS) is 19.8. The maximum absolute atomic E-state index is 9.32. The van der Waals surface area contributed by atoms with E-state index < -0.39 is 0 Å². The van der Waals surface area contributed by atoms with Gasteiger partial charge in [-0.25, -0.2) is 4.98 Å². The minimum absolute atomic E-state index is 0.235. The number of aromatic nitrogens is 1. The van der Waals surface area contributed by atoms with E-state index >= 15 is 0 Å². The molecule has 1 atom stereocenters. The molecule has 4 nitrogen and oxygen atoms in total. The number of aliphatic hydroxyl groups is 1. The van der Waals surface area contributed by atoms with Gasteiger partial charge in [-0.2, -0.15) is 0 Å². The van der Waals surface area contributed by atoms with Crippen LogP contribution < -0.4 is 4.90 Å². The fraction of sp³-hybridized carbons (Fsp3) is 0.583. The Morgan fingerprint density at radius 2 is 2.06 bits per heavy atom. The molecule has 0 unspecified atom stereocenters. The van der Waals surface area contributed by atoms with Crippen molar-refractivity contribution in [2.45, 2.75) is 13.0 Å². The maximum Gasteiger partial charge on any atom is 0.128 e. The monoisotopic (exact) mass is 221 g/mol. The quantitative estimate of drug-likeness (QED) is 0.810. The third kappa shape index (κ3) is 2.93. The summed E-state index contributed by atoms with van der Waals surface area (Å²) in [5, 5.41) is 9.32. The van der Waals surface area contributed by atoms with Crippen molar-refractivity contribution in [2.24, 2.45) is 0 Å². The van der Waals surface area contributed by atoms with Crippen LogP contribution in [0.25, 0.3) is 0 Å². The molecule has 0 bridgehead atoms. The number of piperazine rings is 1. The van der Waals surface area contributed by atoms with Crippen LogP contribution in [0.15, 0.2) is 24.4 Å². The van der Waals surface area contributed by atoms with Gasteiger partial charge in [-0.05, 0) is 19.1 Å². The van der Waals surface area contributed by atoms with Gasteiger partial charge in [0.15, 0.2) is 0 Å². The SMILES string of the molecule is C[C@H](O)CN1CCN(c2ccccn2)CC1. The van der Waals surface area contributed by atoms with Crippen LogP contribution in [0, 0.1) is 0 Å². The van der Waals surface area contributed by atoms with Crippen LogP contribution in [0.5, 0.6) is 0 Å². The van der Waals surface area contributed by atoms with Crippen LogP contribution in [0.2, 0.25) is 0 Å². The van der Waals surface area contributed by atoms with Crippen molar-refractivity contribution in [2.75, 3.05) is 37.6 Å². The standard InChI is InChI=1S/C12H19N3O/c1-11(16)10-14-6-8-15(9-7-14)12-4-2-3-5-13-12/h2-5,11,16H,6-10H2,1H3/t11-/m0/s1. The summed E-state index contributed by atoms with van der Waals surface area (Å²) < 4.78 is 0. The Morgan fingerprint density at radius 3 is 2.62 bits per heavy atom. The first kappa shape index (κ1) is 11.4. The number of hydrogen-bond donors (Lipinski definition) is 1. The third-order valence-electron chi connectivity index (χ3n) is 2.87. The zero-order chi connectivity index (χ0) is 11.4. The molecule has 0 spiro atoms. The first-order chi connectivity index (χ1) is 7.75. The number of aliphatic hydroxyl groups excluding tert-OH is 1. The fourth-order valence-electron chi connectivity index (χ4n) is 2.07. The van der Waals surface area contributed by atoms with Crippen LogP contribution in [0.1, 0.15) is 6.92 Å². The van der Waals surface area contributed by atoms with Crippen LogP contribution in [0.4, 0.5) is 5.82 Å². The fourth-order valence-corrected chi connectivity index (χ4v) is 2.07. The Hall–Kier alpha value is -1.13. The predicted molar refractivity (Wildman–Crippen MR) is 64.6 cm³/mol. The minimum Gasteiger partial charge on any atom is -0.392 e. The van der Waals surface area contributed by atoms with E-state index in [0.29, 0.717) is 0 Å². The Bertz CT molecular complexity index is 307. The summed E-state index contributed by atoms with van der Waals surface area (Å²) in [4.78, 5) is 8.93. The van der Waals surface area contributed by atoms with E-state index in [4.69, 9.17) is 0 Å². The molecule has 0 amide bonds. The van der Waals surface area contributed by atoms with E-state index in [2.05, 4.69) is 14.8 Å². The molecule has 0 aliphatic carbocycles. The van der Waals surface area contributed by atoms with E-state index in [1.54, 1.807) is 0 Å². The van der Waals surface area contributed by atoms with Crippen molar-refractivity contribution < 1.29 is 5.11 Å². The summed E-state index contributed by atoms with van der Waals surface area (Å²) in [6.07, 6.45) is 1.60. The highest BCUT2D eigenvalue weighted by Crippen LogP contribution is 2.12. The zero-order valence-corrected chi connectivity index (χ0v) is 9.71. The van der Waals surface area contributed by atoms with Crippen molar-refractivity contribution in [3.05, 3.63) is 24.4 Å². The molecule has 1 aliphatic heterocycles. The van der Waals surface area contributed by atoms with Crippen LogP contribution in [0.3, 0.4) is 0 Å². The smallest absolute Gasteiger partial charge is 0.128 e. The Balaban J connectivity index is 1.86. The first-order valence-electron chi connectivity index (χ1n) is 5.82. The molecular formula is C12H19N3O. The van der Waals surface area contributed by atoms with Crippen molar-refractivity contribution in [3.8, 4) is 0 Å². The predicted octanol–water partition coefficient (Wildman–Crippen LogP) is 0.584. The summed E-state index contributed by atoms with van der Waals surface area (Å²) in [6.45, 7) is 6.59. The van der Waals surface area contributed by atoms with Gasteiger partial charge in [0.2, 0.25) is 0 Å². The van der Waals surface area contributed by atoms with Crippen molar-refractivity contribution in [3.63, 3.8) is 0 Å². The molecule has 1 aromatic heterocycles. The number of pyridine rings is 1. The highest BCUT2D eigenvalue weighted by atomic mass is 16.3. The lowest BCUT2D eigenvalue weighted by Gasteiger charge is -2.35. The molecule has 16 heavy (non-hydrogen) atoms. The molecule has 1 saturated heterocycles. The molecular weight excluding hydrogens is 202 g/mol. The highest BCUT2D eigenvalue weighted by molar-refractivity contribution is 5.38. The summed E-state index contributed by atoms with van der Waals surface area (Å²) >= 11 is 0. The Kier molecular flexibility index (Phi) is 3.74. The van der Waals surface area contributed by atoms with Crippen LogP contribution in [-0.4, -0.2) is 53.8 Å². The lowest BCUT2D eigenvalue weighted by atomic mass is 10.2. The van der Waals surface area contributed by atoms with E-state index in [9.17, 15) is 5.11 Å². The van der Waals surface area contributed by atoms with Gasteiger partial charge >= 0.3 is 0 Å². The molecule has 4 heteroatoms. The number of hydrogen-bond acceptors (Lipinski definition) is 4. The highest BCUT2D eigenvalue weighted by Gasteiger charge is 2.18. The topological polar surface area (TPSA) is 39.6 Å². The molecule has 2 heterocycles. The van der Waals surface area contributed by atoms with Crippen LogP contribution >= 0.6 is 0 Å². The second kappa shape index (κ2) is 5.27. The molecule has 0 saturated carbocycles. The van der Waals surface area contributed by atoms with Gasteiger partial charge < -0.3 is 10.0 Å². The molecule has 1 N–H and O–H groups in total. The van der Waals surface area contributed by atoms with Crippen molar-refractivity contribution in [1.29, 1.82) is 0 Å². The average molecular weight is 221 g/mol. The Morgan fingerprint density at radius 1 is 1.31 bits per heavy atom. The van der Waals surface area contributed by atoms with Gasteiger partial charge in [0, 0.05) is 38.9 Å². The number of anilines is 1. The maximum atomic E-state index is 9.32.